The molecule has 0 aliphatic heterocycles. The highest BCUT2D eigenvalue weighted by Crippen LogP contribution is 2.22. The van der Waals surface area contributed by atoms with Crippen LogP contribution in [0.15, 0.2) is 29.3 Å². The predicted molar refractivity (Wildman–Crippen MR) is 78.1 cm³/mol. The lowest BCUT2D eigenvalue weighted by Gasteiger charge is -2.08. The van der Waals surface area contributed by atoms with Gasteiger partial charge in [-0.3, -0.25) is 4.68 Å². The van der Waals surface area contributed by atoms with Gasteiger partial charge in [0.2, 0.25) is 10.0 Å². The summed E-state index contributed by atoms with van der Waals surface area (Å²) in [5.74, 6) is 0. The van der Waals surface area contributed by atoms with Crippen molar-refractivity contribution in [1.82, 2.24) is 14.5 Å². The number of nitrogens with one attached hydrogen (secondary N) is 1. The van der Waals surface area contributed by atoms with Crippen LogP contribution in [0.2, 0.25) is 5.02 Å². The number of halogens is 1. The standard InChI is InChI=1S/C13H13ClN4O2S/c1-9-11(7-16-18(9)2)8-17-21(19,20)13-5-10(6-15)3-4-12(13)14/h3-5,7,17H,8H2,1-2H3. The first kappa shape index (κ1) is 15.5. The fourth-order valence-electron chi connectivity index (χ4n) is 1.75. The molecule has 1 aromatic carbocycles. The quantitative estimate of drug-likeness (QED) is 0.927. The van der Waals surface area contributed by atoms with E-state index in [1.165, 1.54) is 18.2 Å². The lowest BCUT2D eigenvalue weighted by molar-refractivity contribution is 0.581. The second kappa shape index (κ2) is 5.85. The molecule has 1 N–H and O–H groups in total. The van der Waals surface area contributed by atoms with Gasteiger partial charge in [0.15, 0.2) is 0 Å². The van der Waals surface area contributed by atoms with Crippen molar-refractivity contribution in [2.75, 3.05) is 0 Å². The van der Waals surface area contributed by atoms with Crippen LogP contribution < -0.4 is 4.72 Å². The molecule has 0 saturated carbocycles. The van der Waals surface area contributed by atoms with Gasteiger partial charge in [-0.2, -0.15) is 10.4 Å². The van der Waals surface area contributed by atoms with Crippen LogP contribution in [0.5, 0.6) is 0 Å². The van der Waals surface area contributed by atoms with Crippen molar-refractivity contribution in [3.8, 4) is 6.07 Å². The molecule has 0 aliphatic rings. The van der Waals surface area contributed by atoms with E-state index in [1.54, 1.807) is 17.9 Å². The Balaban J connectivity index is 2.27. The number of hydrogen-bond acceptors (Lipinski definition) is 4. The molecule has 0 unspecified atom stereocenters. The summed E-state index contributed by atoms with van der Waals surface area (Å²) in [7, 11) is -2.02. The molecule has 0 amide bonds. The second-order valence-electron chi connectivity index (χ2n) is 4.46. The molecule has 0 bridgehead atoms. The molecule has 8 heteroatoms. The SMILES string of the molecule is Cc1c(CNS(=O)(=O)c2cc(C#N)ccc2Cl)cnn1C. The van der Waals surface area contributed by atoms with Crippen molar-refractivity contribution in [1.29, 1.82) is 5.26 Å². The molecule has 110 valence electrons. The van der Waals surface area contributed by atoms with Gasteiger partial charge in [-0.25, -0.2) is 13.1 Å². The van der Waals surface area contributed by atoms with Gasteiger partial charge in [-0.1, -0.05) is 11.6 Å². The third kappa shape index (κ3) is 3.24. The smallest absolute Gasteiger partial charge is 0.242 e. The maximum Gasteiger partial charge on any atom is 0.242 e. The van der Waals surface area contributed by atoms with Crippen LogP contribution in [0.1, 0.15) is 16.8 Å². The highest BCUT2D eigenvalue weighted by Gasteiger charge is 2.19. The number of nitrogens with zero attached hydrogens (tertiary/aromatic N) is 3. The minimum absolute atomic E-state index is 0.0735. The molecular weight excluding hydrogens is 312 g/mol. The number of sulfonamides is 1. The van der Waals surface area contributed by atoms with Gasteiger partial charge in [0.25, 0.3) is 0 Å². The molecule has 2 rings (SSSR count). The Morgan fingerprint density at radius 3 is 2.76 bits per heavy atom. The summed E-state index contributed by atoms with van der Waals surface area (Å²) in [6.07, 6.45) is 1.60. The molecule has 6 nitrogen and oxygen atoms in total. The minimum Gasteiger partial charge on any atom is -0.273 e. The van der Waals surface area contributed by atoms with Crippen LogP contribution in [0.4, 0.5) is 0 Å². The Morgan fingerprint density at radius 2 is 2.19 bits per heavy atom. The first-order valence-corrected chi connectivity index (χ1v) is 7.88. The van der Waals surface area contributed by atoms with E-state index in [0.29, 0.717) is 0 Å². The van der Waals surface area contributed by atoms with E-state index in [4.69, 9.17) is 16.9 Å². The van der Waals surface area contributed by atoms with E-state index in [1.807, 2.05) is 13.0 Å². The molecule has 21 heavy (non-hydrogen) atoms. The van der Waals surface area contributed by atoms with Crippen LogP contribution in [-0.4, -0.2) is 18.2 Å². The summed E-state index contributed by atoms with van der Waals surface area (Å²) in [4.78, 5) is -0.107. The molecule has 0 aliphatic carbocycles. The number of aromatic nitrogens is 2. The zero-order chi connectivity index (χ0) is 15.6. The normalized spacial score (nSPS) is 11.3. The number of benzene rings is 1. The van der Waals surface area contributed by atoms with Gasteiger partial charge in [0.05, 0.1) is 22.9 Å². The Morgan fingerprint density at radius 1 is 1.48 bits per heavy atom. The first-order chi connectivity index (χ1) is 9.85. The van der Waals surface area contributed by atoms with E-state index >= 15 is 0 Å². The van der Waals surface area contributed by atoms with Crippen LogP contribution in [0, 0.1) is 18.3 Å². The topological polar surface area (TPSA) is 87.8 Å². The summed E-state index contributed by atoms with van der Waals surface area (Å²) in [6.45, 7) is 1.95. The fourth-order valence-corrected chi connectivity index (χ4v) is 3.28. The van der Waals surface area contributed by atoms with E-state index < -0.39 is 10.0 Å². The van der Waals surface area contributed by atoms with E-state index in [9.17, 15) is 8.42 Å². The van der Waals surface area contributed by atoms with Crippen LogP contribution in [-0.2, 0) is 23.6 Å². The Kier molecular flexibility index (Phi) is 4.32. The molecule has 0 radical (unpaired) electrons. The maximum absolute atomic E-state index is 12.3. The number of nitriles is 1. The van der Waals surface area contributed by atoms with Crippen LogP contribution in [0.3, 0.4) is 0 Å². The molecule has 1 aromatic heterocycles. The van der Waals surface area contributed by atoms with E-state index in [2.05, 4.69) is 9.82 Å². The second-order valence-corrected chi connectivity index (χ2v) is 6.60. The van der Waals surface area contributed by atoms with Crippen LogP contribution >= 0.6 is 11.6 Å². The average molecular weight is 325 g/mol. The van der Waals surface area contributed by atoms with Gasteiger partial charge >= 0.3 is 0 Å². The monoisotopic (exact) mass is 324 g/mol. The van der Waals surface area contributed by atoms with E-state index in [-0.39, 0.29) is 22.0 Å². The number of aryl methyl sites for hydroxylation is 1. The lowest BCUT2D eigenvalue weighted by atomic mass is 10.2. The van der Waals surface area contributed by atoms with Gasteiger partial charge in [-0.15, -0.1) is 0 Å². The zero-order valence-electron chi connectivity index (χ0n) is 11.5. The Hall–Kier alpha value is -1.88. The molecular formula is C13H13ClN4O2S. The highest BCUT2D eigenvalue weighted by atomic mass is 35.5. The van der Waals surface area contributed by atoms with Crippen molar-refractivity contribution in [3.05, 3.63) is 46.2 Å². The fraction of sp³-hybridized carbons (Fsp3) is 0.231. The zero-order valence-corrected chi connectivity index (χ0v) is 13.0. The van der Waals surface area contributed by atoms with Gasteiger partial charge in [0.1, 0.15) is 4.90 Å². The van der Waals surface area contributed by atoms with E-state index in [0.717, 1.165) is 11.3 Å². The van der Waals surface area contributed by atoms with Gasteiger partial charge < -0.3 is 0 Å². The summed E-state index contributed by atoms with van der Waals surface area (Å²) in [5.41, 5.74) is 1.88. The largest absolute Gasteiger partial charge is 0.273 e. The third-order valence-electron chi connectivity index (χ3n) is 3.14. The van der Waals surface area contributed by atoms with Crippen molar-refractivity contribution in [2.24, 2.45) is 7.05 Å². The summed E-state index contributed by atoms with van der Waals surface area (Å²) in [6, 6.07) is 6.00. The minimum atomic E-state index is -3.80. The average Bonchev–Trinajstić information content (AvgIpc) is 2.77. The number of rotatable bonds is 4. The predicted octanol–water partition coefficient (Wildman–Crippen LogP) is 1.73. The summed E-state index contributed by atoms with van der Waals surface area (Å²) < 4.78 is 28.7. The third-order valence-corrected chi connectivity index (χ3v) is 5.02. The molecule has 0 saturated heterocycles. The van der Waals surface area contributed by atoms with Crippen molar-refractivity contribution < 1.29 is 8.42 Å². The van der Waals surface area contributed by atoms with Crippen molar-refractivity contribution >= 4 is 21.6 Å². The molecule has 0 atom stereocenters. The summed E-state index contributed by atoms with van der Waals surface area (Å²) in [5, 5.41) is 13.0. The van der Waals surface area contributed by atoms with Gasteiger partial charge in [0, 0.05) is 24.8 Å². The van der Waals surface area contributed by atoms with Gasteiger partial charge in [-0.05, 0) is 25.1 Å². The Labute approximate surface area is 128 Å². The van der Waals surface area contributed by atoms with Crippen LogP contribution in [0.25, 0.3) is 0 Å². The number of hydrogen-bond donors (Lipinski definition) is 1. The molecule has 0 spiro atoms. The molecule has 2 aromatic rings. The van der Waals surface area contributed by atoms with Crippen molar-refractivity contribution in [2.45, 2.75) is 18.4 Å². The highest BCUT2D eigenvalue weighted by molar-refractivity contribution is 7.89. The first-order valence-electron chi connectivity index (χ1n) is 6.02. The molecule has 1 heterocycles. The lowest BCUT2D eigenvalue weighted by Crippen LogP contribution is -2.24. The maximum atomic E-state index is 12.3. The Bertz CT molecular complexity index is 821. The molecule has 0 fully saturated rings. The van der Waals surface area contributed by atoms with Crippen molar-refractivity contribution in [3.63, 3.8) is 0 Å². The summed E-state index contributed by atoms with van der Waals surface area (Å²) >= 11 is 5.91.